The van der Waals surface area contributed by atoms with Gasteiger partial charge in [0.2, 0.25) is 5.91 Å². The Bertz CT molecular complexity index is 628. The number of rotatable bonds is 5. The molecule has 1 atom stereocenters. The zero-order valence-electron chi connectivity index (χ0n) is 12.0. The normalized spacial score (nSPS) is 11.9. The summed E-state index contributed by atoms with van der Waals surface area (Å²) in [5.74, 6) is 0.00449. The maximum Gasteiger partial charge on any atom is 0.220 e. The van der Waals surface area contributed by atoms with Crippen LogP contribution in [-0.4, -0.2) is 5.91 Å². The lowest BCUT2D eigenvalue weighted by Gasteiger charge is -2.15. The fraction of sp³-hybridized carbons (Fsp3) is 0.235. The molecular weight excluding hydrogens is 284 g/mol. The number of hydrogen-bond donors (Lipinski definition) is 2. The van der Waals surface area contributed by atoms with Crippen molar-refractivity contribution in [1.82, 2.24) is 5.32 Å². The van der Waals surface area contributed by atoms with E-state index in [1.54, 1.807) is 0 Å². The highest BCUT2D eigenvalue weighted by atomic mass is 35.5. The minimum Gasteiger partial charge on any atom is -0.399 e. The van der Waals surface area contributed by atoms with E-state index in [1.807, 2.05) is 55.5 Å². The van der Waals surface area contributed by atoms with Crippen molar-refractivity contribution in [2.24, 2.45) is 0 Å². The summed E-state index contributed by atoms with van der Waals surface area (Å²) in [6, 6.07) is 15.0. The molecule has 0 saturated heterocycles. The molecule has 0 saturated carbocycles. The van der Waals surface area contributed by atoms with Gasteiger partial charge in [0.25, 0.3) is 0 Å². The van der Waals surface area contributed by atoms with Crippen molar-refractivity contribution in [2.45, 2.75) is 25.8 Å². The van der Waals surface area contributed by atoms with Crippen LogP contribution < -0.4 is 11.1 Å². The molecule has 0 aliphatic rings. The third-order valence-electron chi connectivity index (χ3n) is 3.34. The Morgan fingerprint density at radius 3 is 2.71 bits per heavy atom. The molecule has 0 fully saturated rings. The third-order valence-corrected chi connectivity index (χ3v) is 3.69. The van der Waals surface area contributed by atoms with Crippen molar-refractivity contribution >= 4 is 23.2 Å². The second-order valence-electron chi connectivity index (χ2n) is 5.06. The summed E-state index contributed by atoms with van der Waals surface area (Å²) in [4.78, 5) is 12.0. The number of hydrogen-bond acceptors (Lipinski definition) is 2. The molecule has 3 N–H and O–H groups in total. The lowest BCUT2D eigenvalue weighted by molar-refractivity contribution is -0.121. The predicted octanol–water partition coefficient (Wildman–Crippen LogP) is 3.73. The number of nitrogens with two attached hydrogens (primary N) is 1. The SMILES string of the molecule is C[C@@H](NC(=O)CCc1cccc(N)c1)c1ccccc1Cl. The van der Waals surface area contributed by atoms with Crippen LogP contribution >= 0.6 is 11.6 Å². The smallest absolute Gasteiger partial charge is 0.220 e. The molecule has 0 spiro atoms. The highest BCUT2D eigenvalue weighted by Crippen LogP contribution is 2.22. The lowest BCUT2D eigenvalue weighted by Crippen LogP contribution is -2.27. The van der Waals surface area contributed by atoms with E-state index in [0.717, 1.165) is 16.8 Å². The summed E-state index contributed by atoms with van der Waals surface area (Å²) in [5.41, 5.74) is 8.44. The van der Waals surface area contributed by atoms with E-state index in [0.29, 0.717) is 17.9 Å². The first-order valence-corrected chi connectivity index (χ1v) is 7.32. The van der Waals surface area contributed by atoms with E-state index in [2.05, 4.69) is 5.32 Å². The van der Waals surface area contributed by atoms with Gasteiger partial charge in [0.05, 0.1) is 6.04 Å². The number of amides is 1. The van der Waals surface area contributed by atoms with Crippen LogP contribution in [-0.2, 0) is 11.2 Å². The van der Waals surface area contributed by atoms with Crippen LogP contribution in [0.25, 0.3) is 0 Å². The average molecular weight is 303 g/mol. The second kappa shape index (κ2) is 7.14. The summed E-state index contributed by atoms with van der Waals surface area (Å²) < 4.78 is 0. The number of nitrogens with one attached hydrogen (secondary N) is 1. The van der Waals surface area contributed by atoms with Gasteiger partial charge >= 0.3 is 0 Å². The summed E-state index contributed by atoms with van der Waals surface area (Å²) in [7, 11) is 0. The van der Waals surface area contributed by atoms with E-state index in [9.17, 15) is 4.79 Å². The molecular formula is C17H19ClN2O. The molecule has 3 nitrogen and oxygen atoms in total. The van der Waals surface area contributed by atoms with E-state index >= 15 is 0 Å². The predicted molar refractivity (Wildman–Crippen MR) is 87.2 cm³/mol. The Kier molecular flexibility index (Phi) is 5.23. The van der Waals surface area contributed by atoms with Gasteiger partial charge in [-0.05, 0) is 42.7 Å². The Hall–Kier alpha value is -2.00. The Labute approximate surface area is 130 Å². The van der Waals surface area contributed by atoms with Crippen molar-refractivity contribution in [1.29, 1.82) is 0 Å². The highest BCUT2D eigenvalue weighted by molar-refractivity contribution is 6.31. The number of halogens is 1. The molecule has 0 unspecified atom stereocenters. The molecule has 4 heteroatoms. The molecule has 1 amide bonds. The van der Waals surface area contributed by atoms with Crippen molar-refractivity contribution in [3.63, 3.8) is 0 Å². The standard InChI is InChI=1S/C17H19ClN2O/c1-12(15-7-2-3-8-16(15)18)20-17(21)10-9-13-5-4-6-14(19)11-13/h2-8,11-12H,9-10,19H2,1H3,(H,20,21)/t12-/m1/s1. The third kappa shape index (κ3) is 4.50. The number of carbonyl (C=O) groups is 1. The fourth-order valence-corrected chi connectivity index (χ4v) is 2.52. The molecule has 0 aromatic heterocycles. The van der Waals surface area contributed by atoms with Crippen molar-refractivity contribution < 1.29 is 4.79 Å². The molecule has 2 aromatic rings. The minimum absolute atomic E-state index is 0.00449. The zero-order chi connectivity index (χ0) is 15.2. The van der Waals surface area contributed by atoms with Crippen LogP contribution in [0.15, 0.2) is 48.5 Å². The molecule has 0 radical (unpaired) electrons. The molecule has 21 heavy (non-hydrogen) atoms. The highest BCUT2D eigenvalue weighted by Gasteiger charge is 2.12. The van der Waals surface area contributed by atoms with Crippen LogP contribution in [0, 0.1) is 0 Å². The van der Waals surface area contributed by atoms with Gasteiger partial charge in [-0.2, -0.15) is 0 Å². The largest absolute Gasteiger partial charge is 0.399 e. The number of carbonyl (C=O) groups excluding carboxylic acids is 1. The molecule has 0 aliphatic heterocycles. The Morgan fingerprint density at radius 1 is 1.24 bits per heavy atom. The topological polar surface area (TPSA) is 55.1 Å². The van der Waals surface area contributed by atoms with Crippen LogP contribution in [0.5, 0.6) is 0 Å². The molecule has 0 aliphatic carbocycles. The lowest BCUT2D eigenvalue weighted by atomic mass is 10.1. The summed E-state index contributed by atoms with van der Waals surface area (Å²) in [6.07, 6.45) is 1.10. The van der Waals surface area contributed by atoms with Gasteiger partial charge in [-0.25, -0.2) is 0 Å². The Balaban J connectivity index is 1.89. The first-order valence-electron chi connectivity index (χ1n) is 6.94. The van der Waals surface area contributed by atoms with E-state index in [-0.39, 0.29) is 11.9 Å². The number of anilines is 1. The number of aryl methyl sites for hydroxylation is 1. The van der Waals surface area contributed by atoms with Crippen LogP contribution in [0.4, 0.5) is 5.69 Å². The van der Waals surface area contributed by atoms with E-state index < -0.39 is 0 Å². The number of benzene rings is 2. The maximum absolute atomic E-state index is 12.0. The zero-order valence-corrected chi connectivity index (χ0v) is 12.7. The average Bonchev–Trinajstić information content (AvgIpc) is 2.45. The molecule has 2 aromatic carbocycles. The summed E-state index contributed by atoms with van der Waals surface area (Å²) in [5, 5.41) is 3.63. The van der Waals surface area contributed by atoms with Gasteiger partial charge < -0.3 is 11.1 Å². The summed E-state index contributed by atoms with van der Waals surface area (Å²) in [6.45, 7) is 1.93. The summed E-state index contributed by atoms with van der Waals surface area (Å²) >= 11 is 6.13. The van der Waals surface area contributed by atoms with Crippen molar-refractivity contribution in [3.05, 3.63) is 64.7 Å². The maximum atomic E-state index is 12.0. The molecule has 110 valence electrons. The quantitative estimate of drug-likeness (QED) is 0.827. The first kappa shape index (κ1) is 15.4. The van der Waals surface area contributed by atoms with E-state index in [4.69, 9.17) is 17.3 Å². The monoisotopic (exact) mass is 302 g/mol. The number of nitrogen functional groups attached to an aromatic ring is 1. The van der Waals surface area contributed by atoms with E-state index in [1.165, 1.54) is 0 Å². The van der Waals surface area contributed by atoms with Gasteiger partial charge in [-0.3, -0.25) is 4.79 Å². The molecule has 0 bridgehead atoms. The van der Waals surface area contributed by atoms with Gasteiger partial charge in [0.1, 0.15) is 0 Å². The van der Waals surface area contributed by atoms with Gasteiger partial charge in [-0.15, -0.1) is 0 Å². The molecule has 0 heterocycles. The van der Waals surface area contributed by atoms with Crippen LogP contribution in [0.2, 0.25) is 5.02 Å². The Morgan fingerprint density at radius 2 is 2.00 bits per heavy atom. The van der Waals surface area contributed by atoms with Gasteiger partial charge in [0.15, 0.2) is 0 Å². The van der Waals surface area contributed by atoms with Gasteiger partial charge in [0, 0.05) is 17.1 Å². The second-order valence-corrected chi connectivity index (χ2v) is 5.46. The van der Waals surface area contributed by atoms with Crippen molar-refractivity contribution in [3.8, 4) is 0 Å². The fourth-order valence-electron chi connectivity index (χ4n) is 2.22. The van der Waals surface area contributed by atoms with Crippen molar-refractivity contribution in [2.75, 3.05) is 5.73 Å². The van der Waals surface area contributed by atoms with Gasteiger partial charge in [-0.1, -0.05) is 41.9 Å². The van der Waals surface area contributed by atoms with Crippen LogP contribution in [0.1, 0.15) is 30.5 Å². The first-order chi connectivity index (χ1) is 10.1. The molecule has 2 rings (SSSR count). The minimum atomic E-state index is -0.105. The van der Waals surface area contributed by atoms with Crippen LogP contribution in [0.3, 0.4) is 0 Å².